The highest BCUT2D eigenvalue weighted by molar-refractivity contribution is 5.97. The molecular weight excluding hydrogens is 328 g/mol. The predicted octanol–water partition coefficient (Wildman–Crippen LogP) is 3.55. The number of carbonyl (C=O) groups is 2. The van der Waals surface area contributed by atoms with Crippen molar-refractivity contribution in [2.45, 2.75) is 31.7 Å². The maximum atomic E-state index is 13.1. The molecule has 0 bridgehead atoms. The quantitative estimate of drug-likeness (QED) is 0.914. The van der Waals surface area contributed by atoms with Crippen LogP contribution < -0.4 is 10.5 Å². The Kier molecular flexibility index (Phi) is 5.56. The van der Waals surface area contributed by atoms with Crippen molar-refractivity contribution < 1.29 is 14.3 Å². The molecule has 0 aliphatic carbocycles. The molecule has 1 unspecified atom stereocenters. The number of nitrogens with zero attached hydrogens (tertiary/aromatic N) is 1. The van der Waals surface area contributed by atoms with Crippen LogP contribution in [0.5, 0.6) is 5.75 Å². The highest BCUT2D eigenvalue weighted by atomic mass is 16.5. The second kappa shape index (κ2) is 8.04. The number of hydrogen-bond donors (Lipinski definition) is 1. The van der Waals surface area contributed by atoms with Gasteiger partial charge in [0, 0.05) is 17.7 Å². The van der Waals surface area contributed by atoms with E-state index in [2.05, 4.69) is 0 Å². The molecule has 2 aromatic rings. The van der Waals surface area contributed by atoms with E-state index in [4.69, 9.17) is 10.5 Å². The molecule has 0 saturated carbocycles. The summed E-state index contributed by atoms with van der Waals surface area (Å²) in [4.78, 5) is 26.3. The molecule has 5 nitrogen and oxygen atoms in total. The van der Waals surface area contributed by atoms with Crippen molar-refractivity contribution in [1.29, 1.82) is 0 Å². The number of likely N-dealkylation sites (tertiary alicyclic amines) is 1. The lowest BCUT2D eigenvalue weighted by Gasteiger charge is -2.30. The second-order valence-corrected chi connectivity index (χ2v) is 6.58. The van der Waals surface area contributed by atoms with Crippen molar-refractivity contribution in [2.24, 2.45) is 5.73 Å². The van der Waals surface area contributed by atoms with Gasteiger partial charge in [0.25, 0.3) is 5.91 Å². The molecular formula is C21H24N2O3. The zero-order chi connectivity index (χ0) is 18.5. The number of nitrogens with two attached hydrogens (primary N) is 1. The van der Waals surface area contributed by atoms with Crippen LogP contribution in [0.2, 0.25) is 0 Å². The Hall–Kier alpha value is -2.82. The Balaban J connectivity index is 1.87. The normalized spacial score (nSPS) is 17.4. The highest BCUT2D eigenvalue weighted by Gasteiger charge is 2.27. The van der Waals surface area contributed by atoms with Crippen molar-refractivity contribution in [3.8, 4) is 5.75 Å². The van der Waals surface area contributed by atoms with Crippen LogP contribution in [0.1, 0.15) is 58.0 Å². The maximum Gasteiger partial charge on any atom is 0.254 e. The zero-order valence-electron chi connectivity index (χ0n) is 15.0. The number of primary amides is 1. The van der Waals surface area contributed by atoms with Crippen molar-refractivity contribution >= 4 is 11.8 Å². The Morgan fingerprint density at radius 2 is 1.62 bits per heavy atom. The first-order valence-corrected chi connectivity index (χ1v) is 8.95. The Bertz CT molecular complexity index is 769. The Morgan fingerprint density at radius 1 is 0.962 bits per heavy atom. The summed E-state index contributed by atoms with van der Waals surface area (Å²) in [6, 6.07) is 14.6. The van der Waals surface area contributed by atoms with Crippen molar-refractivity contribution in [1.82, 2.24) is 4.90 Å². The maximum absolute atomic E-state index is 13.1. The third kappa shape index (κ3) is 3.87. The molecule has 2 amide bonds. The number of carbonyl (C=O) groups excluding carboxylic acids is 2. The third-order valence-corrected chi connectivity index (χ3v) is 4.93. The second-order valence-electron chi connectivity index (χ2n) is 6.58. The summed E-state index contributed by atoms with van der Waals surface area (Å²) in [5.41, 5.74) is 7.39. The average molecular weight is 352 g/mol. The molecule has 1 atom stereocenters. The number of hydrogen-bond acceptors (Lipinski definition) is 3. The minimum atomic E-state index is -0.491. The van der Waals surface area contributed by atoms with E-state index in [-0.39, 0.29) is 11.9 Å². The molecule has 136 valence electrons. The summed E-state index contributed by atoms with van der Waals surface area (Å²) in [7, 11) is 1.65. The van der Waals surface area contributed by atoms with E-state index in [0.717, 1.165) is 43.5 Å². The predicted molar refractivity (Wildman–Crippen MR) is 100 cm³/mol. The molecule has 0 aromatic heterocycles. The number of rotatable bonds is 4. The van der Waals surface area contributed by atoms with E-state index in [0.29, 0.717) is 11.1 Å². The number of ether oxygens (including phenoxy) is 1. The van der Waals surface area contributed by atoms with Crippen molar-refractivity contribution in [2.75, 3.05) is 13.7 Å². The van der Waals surface area contributed by atoms with E-state index >= 15 is 0 Å². The van der Waals surface area contributed by atoms with Gasteiger partial charge in [0.15, 0.2) is 0 Å². The summed E-state index contributed by atoms with van der Waals surface area (Å²) in [6.45, 7) is 0.729. The molecule has 2 aromatic carbocycles. The zero-order valence-corrected chi connectivity index (χ0v) is 15.0. The van der Waals surface area contributed by atoms with Gasteiger partial charge in [0.05, 0.1) is 13.2 Å². The summed E-state index contributed by atoms with van der Waals surface area (Å²) in [6.07, 6.45) is 4.16. The standard InChI is InChI=1S/C21H24N2O3/c1-26-18-12-10-15(11-13-18)19-5-3-2-4-14-23(19)21(25)17-8-6-16(7-9-17)20(22)24/h6-13,19H,2-5,14H2,1H3,(H2,22,24). The fourth-order valence-corrected chi connectivity index (χ4v) is 3.47. The van der Waals surface area contributed by atoms with Crippen LogP contribution in [0.15, 0.2) is 48.5 Å². The molecule has 1 aliphatic heterocycles. The number of benzene rings is 2. The highest BCUT2D eigenvalue weighted by Crippen LogP contribution is 2.32. The molecule has 0 radical (unpaired) electrons. The molecule has 5 heteroatoms. The van der Waals surface area contributed by atoms with Crippen molar-refractivity contribution in [3.63, 3.8) is 0 Å². The molecule has 2 N–H and O–H groups in total. The molecule has 1 fully saturated rings. The molecule has 1 saturated heterocycles. The summed E-state index contributed by atoms with van der Waals surface area (Å²) in [5, 5.41) is 0. The lowest BCUT2D eigenvalue weighted by molar-refractivity contribution is 0.0680. The van der Waals surface area contributed by atoms with Gasteiger partial charge in [-0.1, -0.05) is 25.0 Å². The first kappa shape index (κ1) is 18.0. The van der Waals surface area contributed by atoms with E-state index in [1.807, 2.05) is 29.2 Å². The summed E-state index contributed by atoms with van der Waals surface area (Å²) >= 11 is 0. The van der Waals surface area contributed by atoms with Gasteiger partial charge in [-0.2, -0.15) is 0 Å². The van der Waals surface area contributed by atoms with Gasteiger partial charge in [-0.3, -0.25) is 9.59 Å². The van der Waals surface area contributed by atoms with Gasteiger partial charge in [0.2, 0.25) is 5.91 Å². The molecule has 3 rings (SSSR count). The summed E-state index contributed by atoms with van der Waals surface area (Å²) in [5.74, 6) is 0.306. The van der Waals surface area contributed by atoms with Crippen LogP contribution in [0.25, 0.3) is 0 Å². The van der Waals surface area contributed by atoms with Crippen LogP contribution >= 0.6 is 0 Å². The molecule has 0 spiro atoms. The summed E-state index contributed by atoms with van der Waals surface area (Å²) < 4.78 is 5.24. The smallest absolute Gasteiger partial charge is 0.254 e. The number of amides is 2. The van der Waals surface area contributed by atoms with E-state index < -0.39 is 5.91 Å². The van der Waals surface area contributed by atoms with Gasteiger partial charge >= 0.3 is 0 Å². The van der Waals surface area contributed by atoms with Crippen LogP contribution in [-0.2, 0) is 0 Å². The van der Waals surface area contributed by atoms with Gasteiger partial charge in [-0.15, -0.1) is 0 Å². The van der Waals surface area contributed by atoms with Gasteiger partial charge in [-0.05, 0) is 54.8 Å². The monoisotopic (exact) mass is 352 g/mol. The fraction of sp³-hybridized carbons (Fsp3) is 0.333. The van der Waals surface area contributed by atoms with E-state index in [9.17, 15) is 9.59 Å². The first-order chi connectivity index (χ1) is 12.6. The average Bonchev–Trinajstić information content (AvgIpc) is 2.93. The van der Waals surface area contributed by atoms with E-state index in [1.54, 1.807) is 31.4 Å². The van der Waals surface area contributed by atoms with Gasteiger partial charge in [-0.25, -0.2) is 0 Å². The lowest BCUT2D eigenvalue weighted by atomic mass is 9.99. The van der Waals surface area contributed by atoms with Gasteiger partial charge in [0.1, 0.15) is 5.75 Å². The topological polar surface area (TPSA) is 72.6 Å². The van der Waals surface area contributed by atoms with Crippen molar-refractivity contribution in [3.05, 3.63) is 65.2 Å². The van der Waals surface area contributed by atoms with Crippen LogP contribution in [-0.4, -0.2) is 30.4 Å². The Labute approximate surface area is 153 Å². The number of methoxy groups -OCH3 is 1. The van der Waals surface area contributed by atoms with Crippen LogP contribution in [0, 0.1) is 0 Å². The molecule has 26 heavy (non-hydrogen) atoms. The lowest BCUT2D eigenvalue weighted by Crippen LogP contribution is -2.34. The van der Waals surface area contributed by atoms with Crippen LogP contribution in [0.4, 0.5) is 0 Å². The fourth-order valence-electron chi connectivity index (χ4n) is 3.47. The minimum absolute atomic E-state index is 0.0104. The molecule has 1 heterocycles. The first-order valence-electron chi connectivity index (χ1n) is 8.95. The molecule has 1 aliphatic rings. The Morgan fingerprint density at radius 3 is 2.23 bits per heavy atom. The minimum Gasteiger partial charge on any atom is -0.497 e. The largest absolute Gasteiger partial charge is 0.497 e. The third-order valence-electron chi connectivity index (χ3n) is 4.93. The van der Waals surface area contributed by atoms with Crippen LogP contribution in [0.3, 0.4) is 0 Å². The van der Waals surface area contributed by atoms with E-state index in [1.165, 1.54) is 0 Å². The van der Waals surface area contributed by atoms with Gasteiger partial charge < -0.3 is 15.4 Å². The SMILES string of the molecule is COc1ccc(C2CCCCCN2C(=O)c2ccc(C(N)=O)cc2)cc1.